The van der Waals surface area contributed by atoms with Crippen molar-refractivity contribution in [3.63, 3.8) is 0 Å². The van der Waals surface area contributed by atoms with Crippen LogP contribution in [0.5, 0.6) is 0 Å². The molecule has 10 heteroatoms. The van der Waals surface area contributed by atoms with Crippen molar-refractivity contribution in [2.75, 3.05) is 17.1 Å². The highest BCUT2D eigenvalue weighted by atomic mass is 79.9. The monoisotopic (exact) mass is 703 g/mol. The van der Waals surface area contributed by atoms with Crippen LogP contribution in [0.25, 0.3) is 0 Å². The number of hydrogen-bond donors (Lipinski definition) is 1. The number of benzene rings is 3. The molecule has 0 heterocycles. The highest BCUT2D eigenvalue weighted by Gasteiger charge is 2.34. The molecule has 1 saturated carbocycles. The quantitative estimate of drug-likeness (QED) is 0.263. The third kappa shape index (κ3) is 9.15. The zero-order valence-corrected chi connectivity index (χ0v) is 27.0. The summed E-state index contributed by atoms with van der Waals surface area (Å²) in [7, 11) is -3.81. The second kappa shape index (κ2) is 14.5. The van der Waals surface area contributed by atoms with Gasteiger partial charge in [0.1, 0.15) is 12.6 Å². The molecule has 41 heavy (non-hydrogen) atoms. The van der Waals surface area contributed by atoms with E-state index in [1.165, 1.54) is 4.90 Å². The number of halogens is 2. The van der Waals surface area contributed by atoms with E-state index in [9.17, 15) is 18.0 Å². The second-order valence-corrected chi connectivity index (χ2v) is 14.2. The molecule has 1 fully saturated rings. The van der Waals surface area contributed by atoms with E-state index in [4.69, 9.17) is 0 Å². The number of sulfonamides is 1. The third-order valence-electron chi connectivity index (χ3n) is 7.26. The normalized spacial score (nSPS) is 14.7. The van der Waals surface area contributed by atoms with Gasteiger partial charge in [0.15, 0.2) is 0 Å². The number of anilines is 1. The van der Waals surface area contributed by atoms with Gasteiger partial charge in [-0.1, -0.05) is 99.7 Å². The van der Waals surface area contributed by atoms with Crippen molar-refractivity contribution in [3.05, 3.63) is 98.9 Å². The molecule has 0 bridgehead atoms. The molecule has 2 amide bonds. The lowest BCUT2D eigenvalue weighted by Crippen LogP contribution is -2.55. The van der Waals surface area contributed by atoms with E-state index in [0.717, 1.165) is 58.3 Å². The Morgan fingerprint density at radius 1 is 0.878 bits per heavy atom. The lowest BCUT2D eigenvalue weighted by atomic mass is 9.94. The number of carbonyl (C=O) groups is 2. The van der Waals surface area contributed by atoms with Crippen molar-refractivity contribution in [2.45, 2.75) is 57.2 Å². The van der Waals surface area contributed by atoms with Crippen molar-refractivity contribution in [1.29, 1.82) is 0 Å². The molecule has 3 aromatic carbocycles. The van der Waals surface area contributed by atoms with E-state index >= 15 is 0 Å². The Bertz CT molecular complexity index is 1430. The number of nitrogens with zero attached hydrogens (tertiary/aromatic N) is 2. The van der Waals surface area contributed by atoms with Crippen LogP contribution < -0.4 is 9.62 Å². The lowest BCUT2D eigenvalue weighted by molar-refractivity contribution is -0.140. The summed E-state index contributed by atoms with van der Waals surface area (Å²) in [4.78, 5) is 29.7. The smallest absolute Gasteiger partial charge is 0.244 e. The van der Waals surface area contributed by atoms with Gasteiger partial charge in [-0.3, -0.25) is 13.9 Å². The number of amides is 2. The summed E-state index contributed by atoms with van der Waals surface area (Å²) in [5.41, 5.74) is 2.11. The van der Waals surface area contributed by atoms with E-state index in [2.05, 4.69) is 37.2 Å². The molecular formula is C31H35Br2N3O4S. The van der Waals surface area contributed by atoms with Gasteiger partial charge in [0.2, 0.25) is 21.8 Å². The average Bonchev–Trinajstić information content (AvgIpc) is 2.95. The molecule has 7 nitrogen and oxygen atoms in total. The molecule has 1 aliphatic rings. The molecule has 0 radical (unpaired) electrons. The minimum atomic E-state index is -3.81. The number of carbonyl (C=O) groups excluding carboxylic acids is 2. The second-order valence-electron chi connectivity index (χ2n) is 10.4. The van der Waals surface area contributed by atoms with Gasteiger partial charge in [-0.25, -0.2) is 8.42 Å². The summed E-state index contributed by atoms with van der Waals surface area (Å²) < 4.78 is 28.5. The van der Waals surface area contributed by atoms with Crippen molar-refractivity contribution in [1.82, 2.24) is 10.2 Å². The Balaban J connectivity index is 1.71. The maximum absolute atomic E-state index is 14.2. The van der Waals surface area contributed by atoms with Crippen LogP contribution in [-0.4, -0.2) is 50.0 Å². The van der Waals surface area contributed by atoms with Crippen LogP contribution in [0.15, 0.2) is 87.8 Å². The van der Waals surface area contributed by atoms with Crippen LogP contribution in [0.1, 0.15) is 43.2 Å². The van der Waals surface area contributed by atoms with E-state index in [0.29, 0.717) is 16.6 Å². The van der Waals surface area contributed by atoms with Crippen molar-refractivity contribution >= 4 is 59.4 Å². The van der Waals surface area contributed by atoms with E-state index in [1.807, 2.05) is 54.6 Å². The van der Waals surface area contributed by atoms with Crippen LogP contribution >= 0.6 is 31.9 Å². The summed E-state index contributed by atoms with van der Waals surface area (Å²) in [5.74, 6) is -0.683. The first-order valence-electron chi connectivity index (χ1n) is 13.7. The molecule has 0 aliphatic heterocycles. The first-order valence-corrected chi connectivity index (χ1v) is 17.1. The molecule has 1 N–H and O–H groups in total. The summed E-state index contributed by atoms with van der Waals surface area (Å²) >= 11 is 6.85. The van der Waals surface area contributed by atoms with Crippen LogP contribution in [0.2, 0.25) is 0 Å². The molecule has 1 atom stereocenters. The molecule has 0 aromatic heterocycles. The molecule has 0 saturated heterocycles. The van der Waals surface area contributed by atoms with Gasteiger partial charge < -0.3 is 10.2 Å². The minimum Gasteiger partial charge on any atom is -0.352 e. The predicted molar refractivity (Wildman–Crippen MR) is 170 cm³/mol. The molecular weight excluding hydrogens is 670 g/mol. The average molecular weight is 706 g/mol. The molecule has 3 aromatic rings. The van der Waals surface area contributed by atoms with Crippen LogP contribution in [0, 0.1) is 0 Å². The summed E-state index contributed by atoms with van der Waals surface area (Å²) in [6, 6.07) is 23.2. The number of nitrogens with one attached hydrogen (secondary N) is 1. The first-order chi connectivity index (χ1) is 19.6. The maximum atomic E-state index is 14.2. The van der Waals surface area contributed by atoms with Gasteiger partial charge in [0.05, 0.1) is 11.9 Å². The standard InChI is InChI=1S/C31H35Br2N3O4S/c1-41(39,40)36(28-14-8-11-26(33)20-28)22-30(37)35(21-24-15-17-25(32)18-16-24)29(19-23-9-4-2-5-10-23)31(38)34-27-12-6-3-7-13-27/h2,4-5,8-11,14-18,20,27,29H,3,6-7,12-13,19,21-22H2,1H3,(H,34,38). The third-order valence-corrected chi connectivity index (χ3v) is 9.43. The molecule has 4 rings (SSSR count). The molecule has 1 aliphatic carbocycles. The molecule has 1 unspecified atom stereocenters. The summed E-state index contributed by atoms with van der Waals surface area (Å²) in [6.45, 7) is -0.286. The van der Waals surface area contributed by atoms with Crippen LogP contribution in [-0.2, 0) is 32.6 Å². The fourth-order valence-corrected chi connectivity index (χ4v) is 6.62. The fourth-order valence-electron chi connectivity index (χ4n) is 5.13. The van der Waals surface area contributed by atoms with Crippen molar-refractivity contribution in [3.8, 4) is 0 Å². The Morgan fingerprint density at radius 2 is 1.56 bits per heavy atom. The van der Waals surface area contributed by atoms with Gasteiger partial charge in [-0.2, -0.15) is 0 Å². The van der Waals surface area contributed by atoms with Gasteiger partial charge >= 0.3 is 0 Å². The maximum Gasteiger partial charge on any atom is 0.244 e. The zero-order chi connectivity index (χ0) is 29.4. The largest absolute Gasteiger partial charge is 0.352 e. The Hall–Kier alpha value is -2.69. The SMILES string of the molecule is CS(=O)(=O)N(CC(=O)N(Cc1ccc(Br)cc1)C(Cc1ccccc1)C(=O)NC1CCCCC1)c1cccc(Br)c1. The van der Waals surface area contributed by atoms with Gasteiger partial charge in [0.25, 0.3) is 0 Å². The van der Waals surface area contributed by atoms with E-state index in [1.54, 1.807) is 24.3 Å². The van der Waals surface area contributed by atoms with Gasteiger partial charge in [-0.05, 0) is 54.3 Å². The molecule has 218 valence electrons. The van der Waals surface area contributed by atoms with E-state index < -0.39 is 28.5 Å². The highest BCUT2D eigenvalue weighted by Crippen LogP contribution is 2.24. The number of rotatable bonds is 11. The summed E-state index contributed by atoms with van der Waals surface area (Å²) in [5, 5.41) is 3.21. The van der Waals surface area contributed by atoms with Crippen LogP contribution in [0.4, 0.5) is 5.69 Å². The fraction of sp³-hybridized carbons (Fsp3) is 0.355. The number of hydrogen-bond acceptors (Lipinski definition) is 4. The highest BCUT2D eigenvalue weighted by molar-refractivity contribution is 9.10. The van der Waals surface area contributed by atoms with E-state index in [-0.39, 0.29) is 18.5 Å². The predicted octanol–water partition coefficient (Wildman–Crippen LogP) is 6.07. The minimum absolute atomic E-state index is 0.0633. The first kappa shape index (κ1) is 31.3. The van der Waals surface area contributed by atoms with Crippen molar-refractivity contribution < 1.29 is 18.0 Å². The van der Waals surface area contributed by atoms with Gasteiger partial charge in [-0.15, -0.1) is 0 Å². The van der Waals surface area contributed by atoms with Crippen LogP contribution in [0.3, 0.4) is 0 Å². The molecule has 0 spiro atoms. The Labute approximate surface area is 259 Å². The Morgan fingerprint density at radius 3 is 2.20 bits per heavy atom. The van der Waals surface area contributed by atoms with Gasteiger partial charge in [0, 0.05) is 28.0 Å². The topological polar surface area (TPSA) is 86.8 Å². The van der Waals surface area contributed by atoms with Crippen molar-refractivity contribution in [2.24, 2.45) is 0 Å². The zero-order valence-electron chi connectivity index (χ0n) is 23.0. The lowest BCUT2D eigenvalue weighted by Gasteiger charge is -2.35. The Kier molecular flexibility index (Phi) is 11.0. The summed E-state index contributed by atoms with van der Waals surface area (Å²) in [6.07, 6.45) is 6.49.